The van der Waals surface area contributed by atoms with Gasteiger partial charge in [-0.2, -0.15) is 0 Å². The first-order valence-electron chi connectivity index (χ1n) is 9.96. The first kappa shape index (κ1) is 19.3. The van der Waals surface area contributed by atoms with E-state index in [4.69, 9.17) is 4.74 Å². The normalized spacial score (nSPS) is 16.7. The van der Waals surface area contributed by atoms with E-state index in [-0.39, 0.29) is 18.4 Å². The van der Waals surface area contributed by atoms with Crippen LogP contribution >= 0.6 is 0 Å². The summed E-state index contributed by atoms with van der Waals surface area (Å²) in [4.78, 5) is 28.3. The maximum Gasteiger partial charge on any atom is 0.262 e. The molecule has 2 N–H and O–H groups in total. The molecule has 2 aliphatic rings. The van der Waals surface area contributed by atoms with E-state index in [9.17, 15) is 9.59 Å². The third kappa shape index (κ3) is 4.86. The first-order valence-corrected chi connectivity index (χ1v) is 9.96. The van der Waals surface area contributed by atoms with Crippen molar-refractivity contribution in [3.8, 4) is 5.75 Å². The Bertz CT molecular complexity index is 889. The van der Waals surface area contributed by atoms with E-state index in [0.717, 1.165) is 43.1 Å². The smallest absolute Gasteiger partial charge is 0.262 e. The molecule has 1 fully saturated rings. The van der Waals surface area contributed by atoms with E-state index in [2.05, 4.69) is 27.5 Å². The van der Waals surface area contributed by atoms with E-state index in [1.54, 1.807) is 6.07 Å². The molecule has 0 unspecified atom stereocenters. The molecule has 7 nitrogen and oxygen atoms in total. The van der Waals surface area contributed by atoms with Gasteiger partial charge in [0.1, 0.15) is 5.75 Å². The minimum atomic E-state index is -0.205. The van der Waals surface area contributed by atoms with Gasteiger partial charge in [0.25, 0.3) is 5.91 Å². The molecule has 7 heteroatoms. The van der Waals surface area contributed by atoms with Crippen LogP contribution in [0.1, 0.15) is 12.0 Å². The van der Waals surface area contributed by atoms with Crippen molar-refractivity contribution in [2.75, 3.05) is 55.4 Å². The van der Waals surface area contributed by atoms with Crippen LogP contribution in [0.3, 0.4) is 0 Å². The average Bonchev–Trinajstić information content (AvgIpc) is 2.73. The third-order valence-electron chi connectivity index (χ3n) is 5.36. The summed E-state index contributed by atoms with van der Waals surface area (Å²) in [7, 11) is 2.14. The second kappa shape index (κ2) is 8.53. The molecule has 0 bridgehead atoms. The predicted molar refractivity (Wildman–Crippen MR) is 114 cm³/mol. The molecule has 4 rings (SSSR count). The summed E-state index contributed by atoms with van der Waals surface area (Å²) in [5, 5.41) is 5.71. The number of carbonyl (C=O) groups is 2. The Labute approximate surface area is 170 Å². The SMILES string of the molecule is CN1CCN(c2ccc(NC(=O)COc3ccc4c(c3)CCC(=O)N4)cc2)CC1. The molecular formula is C22H26N4O3. The van der Waals surface area contributed by atoms with E-state index >= 15 is 0 Å². The molecule has 0 spiro atoms. The minimum absolute atomic E-state index is 0.0317. The number of fused-ring (bicyclic) bond motifs is 1. The first-order chi connectivity index (χ1) is 14.1. The van der Waals surface area contributed by atoms with Gasteiger partial charge in [0.2, 0.25) is 5.91 Å². The molecule has 2 aromatic carbocycles. The largest absolute Gasteiger partial charge is 0.484 e. The molecule has 2 amide bonds. The Kier molecular flexibility index (Phi) is 5.67. The van der Waals surface area contributed by atoms with E-state index in [1.165, 1.54) is 5.69 Å². The number of ether oxygens (including phenoxy) is 1. The number of nitrogens with one attached hydrogen (secondary N) is 2. The highest BCUT2D eigenvalue weighted by atomic mass is 16.5. The molecule has 152 valence electrons. The van der Waals surface area contributed by atoms with Gasteiger partial charge in [-0.05, 0) is 61.5 Å². The molecule has 2 aliphatic heterocycles. The van der Waals surface area contributed by atoms with Crippen molar-refractivity contribution in [3.05, 3.63) is 48.0 Å². The molecule has 0 atom stereocenters. The zero-order valence-corrected chi connectivity index (χ0v) is 16.6. The van der Waals surface area contributed by atoms with Crippen molar-refractivity contribution in [2.24, 2.45) is 0 Å². The topological polar surface area (TPSA) is 73.9 Å². The lowest BCUT2D eigenvalue weighted by Crippen LogP contribution is -2.44. The van der Waals surface area contributed by atoms with Crippen molar-refractivity contribution in [3.63, 3.8) is 0 Å². The molecule has 1 saturated heterocycles. The Morgan fingerprint density at radius 3 is 2.59 bits per heavy atom. The Hall–Kier alpha value is -3.06. The molecule has 0 radical (unpaired) electrons. The second-order valence-electron chi connectivity index (χ2n) is 7.54. The number of hydrogen-bond acceptors (Lipinski definition) is 5. The van der Waals surface area contributed by atoms with Crippen molar-refractivity contribution >= 4 is 28.9 Å². The summed E-state index contributed by atoms with van der Waals surface area (Å²) in [6.07, 6.45) is 1.16. The molecule has 2 aromatic rings. The number of likely N-dealkylation sites (N-methyl/N-ethyl adjacent to an activating group) is 1. The van der Waals surface area contributed by atoms with E-state index in [0.29, 0.717) is 18.6 Å². The number of rotatable bonds is 5. The van der Waals surface area contributed by atoms with Crippen LogP contribution in [-0.4, -0.2) is 56.5 Å². The Morgan fingerprint density at radius 2 is 1.83 bits per heavy atom. The van der Waals surface area contributed by atoms with Gasteiger partial charge in [0.05, 0.1) is 0 Å². The Morgan fingerprint density at radius 1 is 1.07 bits per heavy atom. The van der Waals surface area contributed by atoms with Crippen molar-refractivity contribution < 1.29 is 14.3 Å². The van der Waals surface area contributed by atoms with Crippen LogP contribution in [0.5, 0.6) is 5.75 Å². The van der Waals surface area contributed by atoms with Crippen LogP contribution in [0.4, 0.5) is 17.1 Å². The minimum Gasteiger partial charge on any atom is -0.484 e. The summed E-state index contributed by atoms with van der Waals surface area (Å²) in [5.74, 6) is 0.452. The third-order valence-corrected chi connectivity index (χ3v) is 5.36. The average molecular weight is 394 g/mol. The Balaban J connectivity index is 1.28. The van der Waals surface area contributed by atoms with Crippen molar-refractivity contribution in [2.45, 2.75) is 12.8 Å². The van der Waals surface area contributed by atoms with Gasteiger partial charge in [-0.15, -0.1) is 0 Å². The van der Waals surface area contributed by atoms with Gasteiger partial charge >= 0.3 is 0 Å². The molecule has 0 saturated carbocycles. The number of aryl methyl sites for hydroxylation is 1. The van der Waals surface area contributed by atoms with Gasteiger partial charge in [-0.3, -0.25) is 9.59 Å². The fraction of sp³-hybridized carbons (Fsp3) is 0.364. The quantitative estimate of drug-likeness (QED) is 0.814. The van der Waals surface area contributed by atoms with Gasteiger partial charge in [-0.1, -0.05) is 0 Å². The maximum absolute atomic E-state index is 12.2. The van der Waals surface area contributed by atoms with Crippen LogP contribution in [0.2, 0.25) is 0 Å². The second-order valence-corrected chi connectivity index (χ2v) is 7.54. The predicted octanol–water partition coefficient (Wildman–Crippen LogP) is 2.34. The van der Waals surface area contributed by atoms with Gasteiger partial charge in [0.15, 0.2) is 6.61 Å². The number of anilines is 3. The van der Waals surface area contributed by atoms with Crippen LogP contribution < -0.4 is 20.3 Å². The summed E-state index contributed by atoms with van der Waals surface area (Å²) >= 11 is 0. The molecule has 2 heterocycles. The fourth-order valence-corrected chi connectivity index (χ4v) is 3.62. The van der Waals surface area contributed by atoms with Gasteiger partial charge in [0, 0.05) is 49.7 Å². The van der Waals surface area contributed by atoms with E-state index < -0.39 is 0 Å². The maximum atomic E-state index is 12.2. The monoisotopic (exact) mass is 394 g/mol. The standard InChI is InChI=1S/C22H26N4O3/c1-25-10-12-26(13-11-25)18-5-3-17(4-6-18)23-22(28)15-29-19-7-8-20-16(14-19)2-9-21(27)24-20/h3-8,14H,2,9-13,15H2,1H3,(H,23,28)(H,24,27). The summed E-state index contributed by atoms with van der Waals surface area (Å²) < 4.78 is 5.62. The van der Waals surface area contributed by atoms with Gasteiger partial charge < -0.3 is 25.2 Å². The van der Waals surface area contributed by atoms with Crippen LogP contribution in [0, 0.1) is 0 Å². The highest BCUT2D eigenvalue weighted by Crippen LogP contribution is 2.27. The number of piperazine rings is 1. The molecule has 29 heavy (non-hydrogen) atoms. The lowest BCUT2D eigenvalue weighted by Gasteiger charge is -2.34. The summed E-state index contributed by atoms with van der Waals surface area (Å²) in [6.45, 7) is 4.09. The fourth-order valence-electron chi connectivity index (χ4n) is 3.62. The summed E-state index contributed by atoms with van der Waals surface area (Å²) in [5.41, 5.74) is 3.78. The molecule has 0 aromatic heterocycles. The number of nitrogens with zero attached hydrogens (tertiary/aromatic N) is 2. The highest BCUT2D eigenvalue weighted by Gasteiger charge is 2.16. The summed E-state index contributed by atoms with van der Waals surface area (Å²) in [6, 6.07) is 13.4. The molecule has 0 aliphatic carbocycles. The number of benzene rings is 2. The van der Waals surface area contributed by atoms with Crippen LogP contribution in [0.15, 0.2) is 42.5 Å². The zero-order chi connectivity index (χ0) is 20.2. The lowest BCUT2D eigenvalue weighted by atomic mass is 10.0. The lowest BCUT2D eigenvalue weighted by molar-refractivity contribution is -0.118. The zero-order valence-electron chi connectivity index (χ0n) is 16.6. The van der Waals surface area contributed by atoms with Gasteiger partial charge in [-0.25, -0.2) is 0 Å². The van der Waals surface area contributed by atoms with Crippen LogP contribution in [0.25, 0.3) is 0 Å². The van der Waals surface area contributed by atoms with Crippen LogP contribution in [-0.2, 0) is 16.0 Å². The highest BCUT2D eigenvalue weighted by molar-refractivity contribution is 5.94. The number of amides is 2. The van der Waals surface area contributed by atoms with E-state index in [1.807, 2.05) is 36.4 Å². The van der Waals surface area contributed by atoms with Crippen molar-refractivity contribution in [1.82, 2.24) is 4.90 Å². The molecular weight excluding hydrogens is 368 g/mol. The van der Waals surface area contributed by atoms with Crippen molar-refractivity contribution in [1.29, 1.82) is 0 Å². The number of hydrogen-bond donors (Lipinski definition) is 2. The number of carbonyl (C=O) groups excluding carboxylic acids is 2.